The van der Waals surface area contributed by atoms with Gasteiger partial charge in [-0.1, -0.05) is 43.7 Å². The number of benzene rings is 2. The van der Waals surface area contributed by atoms with Gasteiger partial charge in [0.2, 0.25) is 0 Å². The summed E-state index contributed by atoms with van der Waals surface area (Å²) in [6.07, 6.45) is 0.833. The molecule has 1 heterocycles. The molecular formula is C27H31NO6. The Kier molecular flexibility index (Phi) is 7.76. The molecule has 0 saturated carbocycles. The van der Waals surface area contributed by atoms with Crippen molar-refractivity contribution < 1.29 is 23.5 Å². The summed E-state index contributed by atoms with van der Waals surface area (Å²) >= 11 is 0. The Morgan fingerprint density at radius 3 is 2.44 bits per heavy atom. The van der Waals surface area contributed by atoms with Crippen molar-refractivity contribution in [3.05, 3.63) is 75.6 Å². The number of hydrogen-bond donors (Lipinski definition) is 1. The van der Waals surface area contributed by atoms with Crippen LogP contribution in [0.4, 0.5) is 4.79 Å². The molecule has 0 unspecified atom stereocenters. The van der Waals surface area contributed by atoms with Gasteiger partial charge in [-0.05, 0) is 57.4 Å². The summed E-state index contributed by atoms with van der Waals surface area (Å²) in [5.41, 5.74) is 1.65. The Balaban J connectivity index is 1.80. The largest absolute Gasteiger partial charge is 0.444 e. The first-order chi connectivity index (χ1) is 16.1. The standard InChI is InChI=1S/C27H31NO6/c1-6-10-22(28-26(31)34-27(3,4)5)25(30)32-19-13-14-20-17(2)21(24(29)33-23(20)16-19)15-18-11-8-7-9-12-18/h7-9,11-14,16,22H,6,10,15H2,1-5H3,(H,28,31)/t22-/m0/s1. The van der Waals surface area contributed by atoms with E-state index in [1.165, 1.54) is 6.07 Å². The summed E-state index contributed by atoms with van der Waals surface area (Å²) in [4.78, 5) is 37.6. The number of fused-ring (bicyclic) bond motifs is 1. The van der Waals surface area contributed by atoms with E-state index in [9.17, 15) is 14.4 Å². The van der Waals surface area contributed by atoms with Crippen molar-refractivity contribution in [1.82, 2.24) is 5.32 Å². The van der Waals surface area contributed by atoms with Crippen LogP contribution in [0.1, 0.15) is 57.2 Å². The minimum atomic E-state index is -0.863. The third-order valence-electron chi connectivity index (χ3n) is 5.25. The van der Waals surface area contributed by atoms with Crippen molar-refractivity contribution in [3.63, 3.8) is 0 Å². The maximum atomic E-state index is 12.7. The fourth-order valence-corrected chi connectivity index (χ4v) is 3.62. The second kappa shape index (κ2) is 10.5. The highest BCUT2D eigenvalue weighted by molar-refractivity contribution is 5.86. The van der Waals surface area contributed by atoms with Gasteiger partial charge < -0.3 is 19.2 Å². The van der Waals surface area contributed by atoms with Crippen molar-refractivity contribution in [1.29, 1.82) is 0 Å². The maximum Gasteiger partial charge on any atom is 0.408 e. The van der Waals surface area contributed by atoms with E-state index in [0.29, 0.717) is 30.4 Å². The summed E-state index contributed by atoms with van der Waals surface area (Å²) in [5.74, 6) is -0.394. The second-order valence-corrected chi connectivity index (χ2v) is 9.22. The molecule has 0 aliphatic carbocycles. The van der Waals surface area contributed by atoms with Crippen LogP contribution in [0, 0.1) is 6.92 Å². The second-order valence-electron chi connectivity index (χ2n) is 9.22. The number of carbonyl (C=O) groups excluding carboxylic acids is 2. The van der Waals surface area contributed by atoms with Crippen molar-refractivity contribution >= 4 is 23.0 Å². The Bertz CT molecular complexity index is 1220. The fraction of sp³-hybridized carbons (Fsp3) is 0.370. The van der Waals surface area contributed by atoms with Gasteiger partial charge in [0.05, 0.1) is 0 Å². The van der Waals surface area contributed by atoms with E-state index < -0.39 is 29.3 Å². The van der Waals surface area contributed by atoms with Crippen molar-refractivity contribution in [2.24, 2.45) is 0 Å². The van der Waals surface area contributed by atoms with Gasteiger partial charge in [-0.15, -0.1) is 0 Å². The molecule has 180 valence electrons. The topological polar surface area (TPSA) is 94.8 Å². The lowest BCUT2D eigenvalue weighted by Gasteiger charge is -2.22. The van der Waals surface area contributed by atoms with E-state index in [2.05, 4.69) is 5.32 Å². The minimum Gasteiger partial charge on any atom is -0.444 e. The molecule has 3 aromatic rings. The van der Waals surface area contributed by atoms with Crippen molar-refractivity contribution in [3.8, 4) is 5.75 Å². The molecule has 0 bridgehead atoms. The monoisotopic (exact) mass is 465 g/mol. The zero-order chi connectivity index (χ0) is 24.9. The molecule has 34 heavy (non-hydrogen) atoms. The number of amides is 1. The number of nitrogens with one attached hydrogen (secondary N) is 1. The zero-order valence-electron chi connectivity index (χ0n) is 20.3. The molecule has 0 aliphatic heterocycles. The zero-order valence-corrected chi connectivity index (χ0v) is 20.3. The molecule has 1 aromatic heterocycles. The third-order valence-corrected chi connectivity index (χ3v) is 5.25. The van der Waals surface area contributed by atoms with Crippen LogP contribution in [0.15, 0.2) is 57.7 Å². The predicted octanol–water partition coefficient (Wildman–Crippen LogP) is 5.29. The molecule has 7 heteroatoms. The van der Waals surface area contributed by atoms with Gasteiger partial charge in [-0.3, -0.25) is 0 Å². The highest BCUT2D eigenvalue weighted by Crippen LogP contribution is 2.25. The van der Waals surface area contributed by atoms with Gasteiger partial charge >= 0.3 is 17.7 Å². The molecule has 7 nitrogen and oxygen atoms in total. The number of rotatable bonds is 7. The minimum absolute atomic E-state index is 0.225. The predicted molar refractivity (Wildman–Crippen MR) is 130 cm³/mol. The first kappa shape index (κ1) is 25.0. The molecule has 1 N–H and O–H groups in total. The van der Waals surface area contributed by atoms with Gasteiger partial charge in [-0.25, -0.2) is 14.4 Å². The number of ether oxygens (including phenoxy) is 2. The Labute approximate surface area is 199 Å². The van der Waals surface area contributed by atoms with Crippen LogP contribution in [0.25, 0.3) is 11.0 Å². The van der Waals surface area contributed by atoms with E-state index in [4.69, 9.17) is 13.9 Å². The normalized spacial score (nSPS) is 12.3. The molecule has 0 saturated heterocycles. The molecule has 3 rings (SSSR count). The fourth-order valence-electron chi connectivity index (χ4n) is 3.62. The smallest absolute Gasteiger partial charge is 0.408 e. The Morgan fingerprint density at radius 2 is 1.79 bits per heavy atom. The van der Waals surface area contributed by atoms with Crippen LogP contribution in [0.3, 0.4) is 0 Å². The quantitative estimate of drug-likeness (QED) is 0.289. The molecule has 0 aliphatic rings. The number of aryl methyl sites for hydroxylation is 1. The average molecular weight is 466 g/mol. The first-order valence-corrected chi connectivity index (χ1v) is 11.4. The lowest BCUT2D eigenvalue weighted by atomic mass is 10.00. The van der Waals surface area contributed by atoms with E-state index in [0.717, 1.165) is 16.5 Å². The van der Waals surface area contributed by atoms with Crippen LogP contribution >= 0.6 is 0 Å². The van der Waals surface area contributed by atoms with Crippen LogP contribution in [-0.4, -0.2) is 23.7 Å². The van der Waals surface area contributed by atoms with Crippen LogP contribution in [0.2, 0.25) is 0 Å². The molecule has 1 atom stereocenters. The van der Waals surface area contributed by atoms with Crippen LogP contribution in [-0.2, 0) is 16.0 Å². The van der Waals surface area contributed by atoms with Crippen LogP contribution < -0.4 is 15.7 Å². The number of carbonyl (C=O) groups is 2. The van der Waals surface area contributed by atoms with Crippen LogP contribution in [0.5, 0.6) is 5.75 Å². The third kappa shape index (κ3) is 6.47. The van der Waals surface area contributed by atoms with Gasteiger partial charge in [0.15, 0.2) is 0 Å². The summed E-state index contributed by atoms with van der Waals surface area (Å²) in [7, 11) is 0. The van der Waals surface area contributed by atoms with Gasteiger partial charge in [-0.2, -0.15) is 0 Å². The van der Waals surface area contributed by atoms with E-state index in [1.54, 1.807) is 32.9 Å². The number of alkyl carbamates (subject to hydrolysis) is 1. The Morgan fingerprint density at radius 1 is 1.09 bits per heavy atom. The van der Waals surface area contributed by atoms with Gasteiger partial charge in [0.25, 0.3) is 0 Å². The van der Waals surface area contributed by atoms with E-state index in [-0.39, 0.29) is 5.75 Å². The average Bonchev–Trinajstić information content (AvgIpc) is 2.75. The first-order valence-electron chi connectivity index (χ1n) is 11.4. The summed E-state index contributed by atoms with van der Waals surface area (Å²) in [6.45, 7) is 9.02. The molecule has 1 amide bonds. The Hall–Kier alpha value is -3.61. The summed E-state index contributed by atoms with van der Waals surface area (Å²) in [6, 6.07) is 13.8. The highest BCUT2D eigenvalue weighted by Gasteiger charge is 2.25. The molecule has 0 radical (unpaired) electrons. The van der Waals surface area contributed by atoms with Crippen molar-refractivity contribution in [2.75, 3.05) is 0 Å². The lowest BCUT2D eigenvalue weighted by Crippen LogP contribution is -2.45. The number of esters is 1. The highest BCUT2D eigenvalue weighted by atomic mass is 16.6. The summed E-state index contributed by atoms with van der Waals surface area (Å²) < 4.78 is 16.3. The molecular weight excluding hydrogens is 434 g/mol. The lowest BCUT2D eigenvalue weighted by molar-refractivity contribution is -0.137. The maximum absolute atomic E-state index is 12.7. The van der Waals surface area contributed by atoms with Crippen molar-refractivity contribution in [2.45, 2.75) is 65.5 Å². The molecule has 0 fully saturated rings. The number of hydrogen-bond acceptors (Lipinski definition) is 6. The summed E-state index contributed by atoms with van der Waals surface area (Å²) in [5, 5.41) is 3.34. The van der Waals surface area contributed by atoms with E-state index >= 15 is 0 Å². The SMILES string of the molecule is CCC[C@H](NC(=O)OC(C)(C)C)C(=O)Oc1ccc2c(C)c(Cc3ccccc3)c(=O)oc2c1. The molecule has 2 aromatic carbocycles. The van der Waals surface area contributed by atoms with Gasteiger partial charge in [0, 0.05) is 23.4 Å². The molecule has 0 spiro atoms. The van der Waals surface area contributed by atoms with Gasteiger partial charge in [0.1, 0.15) is 23.0 Å². The van der Waals surface area contributed by atoms with E-state index in [1.807, 2.05) is 44.2 Å².